The Kier molecular flexibility index (Phi) is 10.4. The van der Waals surface area contributed by atoms with E-state index in [1.807, 2.05) is 7.05 Å². The van der Waals surface area contributed by atoms with Crippen LogP contribution < -0.4 is 10.6 Å². The van der Waals surface area contributed by atoms with E-state index in [4.69, 9.17) is 0 Å². The summed E-state index contributed by atoms with van der Waals surface area (Å²) >= 11 is 0. The van der Waals surface area contributed by atoms with Crippen LogP contribution in [0.2, 0.25) is 0 Å². The molecule has 0 aliphatic rings. The summed E-state index contributed by atoms with van der Waals surface area (Å²) in [6, 6.07) is 0.416. The predicted octanol–water partition coefficient (Wildman–Crippen LogP) is 2.31. The van der Waals surface area contributed by atoms with Gasteiger partial charge in [-0.15, -0.1) is 24.0 Å². The number of nitrogens with zero attached hydrogens (tertiary/aromatic N) is 4. The van der Waals surface area contributed by atoms with Crippen LogP contribution in [0.3, 0.4) is 0 Å². The zero-order valence-corrected chi connectivity index (χ0v) is 16.1. The number of halogens is 1. The quantitative estimate of drug-likeness (QED) is 0.413. The zero-order chi connectivity index (χ0) is 15.0. The molecule has 0 saturated carbocycles. The molecule has 1 heterocycles. The van der Waals surface area contributed by atoms with Crippen LogP contribution in [0.5, 0.6) is 0 Å². The highest BCUT2D eigenvalue weighted by atomic mass is 127. The van der Waals surface area contributed by atoms with Crippen LogP contribution in [0.4, 0.5) is 0 Å². The minimum absolute atomic E-state index is 0. The minimum Gasteiger partial charge on any atom is -0.354 e. The standard InChI is InChI=1S/C14H28N6.HI/c1-11(2)7-6-8-12(3)19-14(15-4)16-9-13-17-10-18-20(13)5;/h10-12H,6-9H2,1-5H3,(H2,15,16,19);1H. The van der Waals surface area contributed by atoms with Crippen LogP contribution in [-0.4, -0.2) is 33.8 Å². The monoisotopic (exact) mass is 408 g/mol. The highest BCUT2D eigenvalue weighted by Crippen LogP contribution is 2.08. The molecule has 6 nitrogen and oxygen atoms in total. The number of nitrogens with one attached hydrogen (secondary N) is 2. The normalized spacial score (nSPS) is 13.0. The lowest BCUT2D eigenvalue weighted by Gasteiger charge is -2.18. The molecule has 0 aliphatic carbocycles. The summed E-state index contributed by atoms with van der Waals surface area (Å²) in [4.78, 5) is 8.41. The van der Waals surface area contributed by atoms with Gasteiger partial charge in [0, 0.05) is 20.1 Å². The molecule has 1 aromatic rings. The van der Waals surface area contributed by atoms with Gasteiger partial charge in [-0.2, -0.15) is 5.10 Å². The van der Waals surface area contributed by atoms with E-state index in [9.17, 15) is 0 Å². The van der Waals surface area contributed by atoms with Crippen LogP contribution in [0.25, 0.3) is 0 Å². The zero-order valence-electron chi connectivity index (χ0n) is 13.8. The van der Waals surface area contributed by atoms with Gasteiger partial charge in [0.1, 0.15) is 12.2 Å². The second kappa shape index (κ2) is 10.8. The summed E-state index contributed by atoms with van der Waals surface area (Å²) in [6.45, 7) is 7.34. The van der Waals surface area contributed by atoms with Gasteiger partial charge in [0.25, 0.3) is 0 Å². The van der Waals surface area contributed by atoms with Crippen LogP contribution in [-0.2, 0) is 13.6 Å². The Morgan fingerprint density at radius 1 is 1.33 bits per heavy atom. The number of hydrogen-bond acceptors (Lipinski definition) is 3. The summed E-state index contributed by atoms with van der Waals surface area (Å²) in [5.74, 6) is 2.47. The Balaban J connectivity index is 0.00000400. The van der Waals surface area contributed by atoms with Crippen molar-refractivity contribution in [1.29, 1.82) is 0 Å². The molecule has 1 atom stereocenters. The molecule has 0 aromatic carbocycles. The first kappa shape index (κ1) is 20.1. The Morgan fingerprint density at radius 3 is 2.57 bits per heavy atom. The molecule has 0 aliphatic heterocycles. The molecule has 0 saturated heterocycles. The molecule has 7 heteroatoms. The van der Waals surface area contributed by atoms with Gasteiger partial charge >= 0.3 is 0 Å². The average molecular weight is 408 g/mol. The fourth-order valence-electron chi connectivity index (χ4n) is 1.98. The van der Waals surface area contributed by atoms with Crippen molar-refractivity contribution in [2.75, 3.05) is 7.05 Å². The van der Waals surface area contributed by atoms with Gasteiger partial charge in [0.05, 0.1) is 6.54 Å². The summed E-state index contributed by atoms with van der Waals surface area (Å²) in [7, 11) is 3.67. The summed E-state index contributed by atoms with van der Waals surface area (Å²) in [5.41, 5.74) is 0. The van der Waals surface area contributed by atoms with Gasteiger partial charge in [-0.25, -0.2) is 4.98 Å². The second-order valence-corrected chi connectivity index (χ2v) is 5.60. The van der Waals surface area contributed by atoms with Crippen LogP contribution in [0.15, 0.2) is 11.3 Å². The lowest BCUT2D eigenvalue weighted by atomic mass is 10.0. The van der Waals surface area contributed by atoms with E-state index < -0.39 is 0 Å². The smallest absolute Gasteiger partial charge is 0.191 e. The van der Waals surface area contributed by atoms with Crippen molar-refractivity contribution in [3.63, 3.8) is 0 Å². The second-order valence-electron chi connectivity index (χ2n) is 5.60. The summed E-state index contributed by atoms with van der Waals surface area (Å²) in [6.07, 6.45) is 5.23. The first-order valence-electron chi connectivity index (χ1n) is 7.33. The van der Waals surface area contributed by atoms with Crippen LogP contribution in [0, 0.1) is 5.92 Å². The van der Waals surface area contributed by atoms with Gasteiger partial charge in [-0.3, -0.25) is 9.67 Å². The number of aryl methyl sites for hydroxylation is 1. The van der Waals surface area contributed by atoms with Gasteiger partial charge in [-0.05, 0) is 19.3 Å². The molecule has 122 valence electrons. The lowest BCUT2D eigenvalue weighted by Crippen LogP contribution is -2.42. The van der Waals surface area contributed by atoms with Crippen molar-refractivity contribution in [3.8, 4) is 0 Å². The van der Waals surface area contributed by atoms with Gasteiger partial charge in [-0.1, -0.05) is 26.7 Å². The van der Waals surface area contributed by atoms with E-state index in [-0.39, 0.29) is 24.0 Å². The molecule has 21 heavy (non-hydrogen) atoms. The van der Waals surface area contributed by atoms with Crippen molar-refractivity contribution < 1.29 is 0 Å². The lowest BCUT2D eigenvalue weighted by molar-refractivity contribution is 0.491. The maximum absolute atomic E-state index is 4.24. The molecule has 1 aromatic heterocycles. The molecule has 0 amide bonds. The molecule has 1 unspecified atom stereocenters. The minimum atomic E-state index is 0. The molecule has 0 radical (unpaired) electrons. The first-order chi connectivity index (χ1) is 9.52. The van der Waals surface area contributed by atoms with Crippen molar-refractivity contribution in [3.05, 3.63) is 12.2 Å². The van der Waals surface area contributed by atoms with E-state index >= 15 is 0 Å². The molecular weight excluding hydrogens is 379 g/mol. The molecule has 0 bridgehead atoms. The van der Waals surface area contributed by atoms with E-state index in [2.05, 4.69) is 46.5 Å². The van der Waals surface area contributed by atoms with E-state index in [0.29, 0.717) is 12.6 Å². The number of aliphatic imine (C=N–C) groups is 1. The molecule has 1 rings (SSSR count). The molecule has 2 N–H and O–H groups in total. The van der Waals surface area contributed by atoms with E-state index in [0.717, 1.165) is 24.1 Å². The van der Waals surface area contributed by atoms with Gasteiger partial charge in [0.15, 0.2) is 5.96 Å². The van der Waals surface area contributed by atoms with E-state index in [1.165, 1.54) is 12.8 Å². The maximum Gasteiger partial charge on any atom is 0.191 e. The summed E-state index contributed by atoms with van der Waals surface area (Å²) in [5, 5.41) is 10.7. The van der Waals surface area contributed by atoms with Crippen LogP contribution >= 0.6 is 24.0 Å². The summed E-state index contributed by atoms with van der Waals surface area (Å²) < 4.78 is 1.76. The number of guanidine groups is 1. The van der Waals surface area contributed by atoms with Crippen molar-refractivity contribution in [2.24, 2.45) is 18.0 Å². The Hall–Kier alpha value is -0.860. The topological polar surface area (TPSA) is 67.1 Å². The molecular formula is C14H29IN6. The van der Waals surface area contributed by atoms with Crippen LogP contribution in [0.1, 0.15) is 45.9 Å². The third-order valence-corrected chi connectivity index (χ3v) is 3.24. The predicted molar refractivity (Wildman–Crippen MR) is 97.9 cm³/mol. The fourth-order valence-corrected chi connectivity index (χ4v) is 1.98. The van der Waals surface area contributed by atoms with Gasteiger partial charge in [0.2, 0.25) is 0 Å². The van der Waals surface area contributed by atoms with Gasteiger partial charge < -0.3 is 10.6 Å². The highest BCUT2D eigenvalue weighted by Gasteiger charge is 2.07. The number of aromatic nitrogens is 3. The number of rotatable bonds is 7. The van der Waals surface area contributed by atoms with E-state index in [1.54, 1.807) is 18.1 Å². The fraction of sp³-hybridized carbons (Fsp3) is 0.786. The Morgan fingerprint density at radius 2 is 2.05 bits per heavy atom. The SMILES string of the molecule is CN=C(NCc1ncnn1C)NC(C)CCCC(C)C.I. The molecule has 0 spiro atoms. The third-order valence-electron chi connectivity index (χ3n) is 3.24. The number of hydrogen-bond donors (Lipinski definition) is 2. The Bertz CT molecular complexity index is 415. The average Bonchev–Trinajstić information content (AvgIpc) is 2.79. The first-order valence-corrected chi connectivity index (χ1v) is 7.33. The Labute approximate surface area is 145 Å². The van der Waals surface area contributed by atoms with Crippen molar-refractivity contribution >= 4 is 29.9 Å². The largest absolute Gasteiger partial charge is 0.354 e. The molecule has 0 fully saturated rings. The van der Waals surface area contributed by atoms with Crippen molar-refractivity contribution in [2.45, 2.75) is 52.6 Å². The maximum atomic E-state index is 4.24. The van der Waals surface area contributed by atoms with Crippen molar-refractivity contribution in [1.82, 2.24) is 25.4 Å². The third kappa shape index (κ3) is 8.23. The highest BCUT2D eigenvalue weighted by molar-refractivity contribution is 14.0.